The van der Waals surface area contributed by atoms with Crippen LogP contribution in [0.25, 0.3) is 11.1 Å². The van der Waals surface area contributed by atoms with Crippen molar-refractivity contribution < 1.29 is 0 Å². The predicted molar refractivity (Wildman–Crippen MR) is 109 cm³/mol. The highest BCUT2D eigenvalue weighted by Gasteiger charge is 2.00. The molecule has 0 aromatic heterocycles. The maximum absolute atomic E-state index is 4.60. The molecule has 0 nitrogen and oxygen atoms in total. The van der Waals surface area contributed by atoms with Gasteiger partial charge in [0.25, 0.3) is 0 Å². The Hall–Kier alpha value is -2.00. The molecule has 0 amide bonds. The average molecular weight is 301 g/mol. The molecular formula is C22H36. The molecule has 0 aliphatic rings. The monoisotopic (exact) mass is 300 g/mol. The zero-order valence-corrected chi connectivity index (χ0v) is 16.1. The first-order chi connectivity index (χ1) is 10.4. The summed E-state index contributed by atoms with van der Waals surface area (Å²) in [4.78, 5) is 0. The molecule has 0 unspecified atom stereocenters. The van der Waals surface area contributed by atoms with Gasteiger partial charge in [-0.3, -0.25) is 0 Å². The minimum Gasteiger partial charge on any atom is -0.120 e. The van der Waals surface area contributed by atoms with Gasteiger partial charge in [0.15, 0.2) is 0 Å². The van der Waals surface area contributed by atoms with Crippen molar-refractivity contribution in [3.05, 3.63) is 61.2 Å². The number of rotatable bonds is 2. The Labute approximate surface area is 140 Å². The lowest BCUT2D eigenvalue weighted by Crippen LogP contribution is -1.87. The molecule has 0 heteroatoms. The summed E-state index contributed by atoms with van der Waals surface area (Å²) < 4.78 is 0. The summed E-state index contributed by atoms with van der Waals surface area (Å²) in [7, 11) is 0. The van der Waals surface area contributed by atoms with E-state index in [-0.39, 0.29) is 0 Å². The lowest BCUT2D eigenvalue weighted by Gasteiger charge is -2.07. The van der Waals surface area contributed by atoms with Crippen LogP contribution in [0.1, 0.15) is 65.2 Å². The molecule has 0 N–H and O–H groups in total. The van der Waals surface area contributed by atoms with E-state index in [0.29, 0.717) is 0 Å². The fourth-order valence-electron chi connectivity index (χ4n) is 1.41. The summed E-state index contributed by atoms with van der Waals surface area (Å²) >= 11 is 0. The van der Waals surface area contributed by atoms with E-state index in [4.69, 9.17) is 0 Å². The first kappa shape index (κ1) is 28.2. The van der Waals surface area contributed by atoms with E-state index in [1.807, 2.05) is 41.5 Å². The van der Waals surface area contributed by atoms with E-state index in [1.165, 1.54) is 16.7 Å². The van der Waals surface area contributed by atoms with Gasteiger partial charge in [-0.05, 0) is 44.4 Å². The van der Waals surface area contributed by atoms with E-state index in [1.54, 1.807) is 6.92 Å². The van der Waals surface area contributed by atoms with Crippen LogP contribution in [0.5, 0.6) is 0 Å². The molecule has 1 aromatic rings. The summed E-state index contributed by atoms with van der Waals surface area (Å²) in [6.45, 7) is 29.7. The van der Waals surface area contributed by atoms with E-state index in [0.717, 1.165) is 11.1 Å². The van der Waals surface area contributed by atoms with Crippen LogP contribution < -0.4 is 0 Å². The third kappa shape index (κ3) is 14.4. The quantitative estimate of drug-likeness (QED) is 0.390. The van der Waals surface area contributed by atoms with Gasteiger partial charge < -0.3 is 0 Å². The normalized spacial score (nSPS) is 6.86. The van der Waals surface area contributed by atoms with Crippen molar-refractivity contribution >= 4 is 11.1 Å². The molecule has 0 bridgehead atoms. The number of hydrogen-bond acceptors (Lipinski definition) is 0. The molecule has 1 rings (SSSR count). The van der Waals surface area contributed by atoms with Gasteiger partial charge in [-0.15, -0.1) is 25.5 Å². The van der Waals surface area contributed by atoms with Crippen LogP contribution in [0.15, 0.2) is 44.5 Å². The van der Waals surface area contributed by atoms with Gasteiger partial charge in [-0.25, -0.2) is 0 Å². The van der Waals surface area contributed by atoms with Gasteiger partial charge >= 0.3 is 0 Å². The number of aryl methyl sites for hydroxylation is 1. The number of allylic oxidation sites excluding steroid dienone is 2. The Morgan fingerprint density at radius 1 is 0.955 bits per heavy atom. The largest absolute Gasteiger partial charge is 0.120 e. The summed E-state index contributed by atoms with van der Waals surface area (Å²) in [6, 6.07) is 6.37. The first-order valence-corrected chi connectivity index (χ1v) is 7.73. The second-order valence-corrected chi connectivity index (χ2v) is 3.88. The first-order valence-electron chi connectivity index (χ1n) is 7.73. The Balaban J connectivity index is -0.000000153. The molecule has 0 saturated heterocycles. The molecule has 0 saturated carbocycles. The van der Waals surface area contributed by atoms with Crippen LogP contribution in [-0.2, 0) is 0 Å². The zero-order valence-electron chi connectivity index (χ0n) is 16.1. The van der Waals surface area contributed by atoms with E-state index >= 15 is 0 Å². The zero-order chi connectivity index (χ0) is 18.7. The maximum Gasteiger partial charge on any atom is -0.00297 e. The topological polar surface area (TPSA) is 0 Å². The van der Waals surface area contributed by atoms with Gasteiger partial charge in [-0.1, -0.05) is 70.2 Å². The average Bonchev–Trinajstić information content (AvgIpc) is 2.53. The molecule has 1 aromatic carbocycles. The Kier molecular flexibility index (Phi) is 27.3. The van der Waals surface area contributed by atoms with Crippen LogP contribution in [-0.4, -0.2) is 0 Å². The van der Waals surface area contributed by atoms with Crippen LogP contribution in [0.2, 0.25) is 0 Å². The van der Waals surface area contributed by atoms with Gasteiger partial charge in [0.1, 0.15) is 0 Å². The molecular weight excluding hydrogens is 264 g/mol. The van der Waals surface area contributed by atoms with Crippen molar-refractivity contribution in [2.45, 2.75) is 55.4 Å². The van der Waals surface area contributed by atoms with E-state index in [9.17, 15) is 0 Å². The van der Waals surface area contributed by atoms with Crippen LogP contribution in [0.3, 0.4) is 0 Å². The highest BCUT2D eigenvalue weighted by Crippen LogP contribution is 2.21. The summed E-state index contributed by atoms with van der Waals surface area (Å²) in [5.41, 5.74) is 5.95. The van der Waals surface area contributed by atoms with Crippen molar-refractivity contribution in [1.82, 2.24) is 0 Å². The fraction of sp³-hybridized carbons (Fsp3) is 0.364. The minimum atomic E-state index is 1.11. The Bertz CT molecular complexity index is 442. The van der Waals surface area contributed by atoms with Gasteiger partial charge in [-0.2, -0.15) is 0 Å². The molecule has 0 atom stereocenters. The highest BCUT2D eigenvalue weighted by atomic mass is 14.1. The summed E-state index contributed by atoms with van der Waals surface area (Å²) in [5, 5.41) is 0. The van der Waals surface area contributed by atoms with E-state index < -0.39 is 0 Å². The van der Waals surface area contributed by atoms with E-state index in [2.05, 4.69) is 63.8 Å². The molecule has 0 heterocycles. The molecule has 22 heavy (non-hydrogen) atoms. The van der Waals surface area contributed by atoms with Crippen molar-refractivity contribution in [2.24, 2.45) is 0 Å². The van der Waals surface area contributed by atoms with Crippen molar-refractivity contribution in [3.63, 3.8) is 0 Å². The van der Waals surface area contributed by atoms with Crippen LogP contribution >= 0.6 is 0 Å². The van der Waals surface area contributed by atoms with Gasteiger partial charge in [0, 0.05) is 0 Å². The number of benzene rings is 1. The maximum atomic E-state index is 4.60. The van der Waals surface area contributed by atoms with Gasteiger partial charge in [0.2, 0.25) is 0 Å². The second kappa shape index (κ2) is 21.3. The Morgan fingerprint density at radius 2 is 1.32 bits per heavy atom. The Morgan fingerprint density at radius 3 is 1.55 bits per heavy atom. The van der Waals surface area contributed by atoms with Crippen molar-refractivity contribution in [2.75, 3.05) is 0 Å². The predicted octanol–water partition coefficient (Wildman–Crippen LogP) is 7.56. The van der Waals surface area contributed by atoms with Crippen LogP contribution in [0, 0.1) is 19.3 Å². The summed E-state index contributed by atoms with van der Waals surface area (Å²) in [6.07, 6.45) is 4.60. The SMILES string of the molecule is C#CC.C=C.C=C(C)c1ccc(C(=C)C)c(C)c1.CC.CC. The lowest BCUT2D eigenvalue weighted by atomic mass is 9.98. The molecule has 0 aliphatic heterocycles. The van der Waals surface area contributed by atoms with Crippen molar-refractivity contribution in [1.29, 1.82) is 0 Å². The van der Waals surface area contributed by atoms with Crippen LogP contribution in [0.4, 0.5) is 0 Å². The third-order valence-electron chi connectivity index (χ3n) is 2.18. The molecule has 124 valence electrons. The molecule has 0 fully saturated rings. The highest BCUT2D eigenvalue weighted by molar-refractivity contribution is 5.69. The lowest BCUT2D eigenvalue weighted by molar-refractivity contribution is 1.39. The fourth-order valence-corrected chi connectivity index (χ4v) is 1.41. The second-order valence-electron chi connectivity index (χ2n) is 3.88. The third-order valence-corrected chi connectivity index (χ3v) is 2.18. The number of hydrogen-bond donors (Lipinski definition) is 0. The smallest absolute Gasteiger partial charge is 0.00297 e. The van der Waals surface area contributed by atoms with Gasteiger partial charge in [0.05, 0.1) is 0 Å². The molecule has 0 spiro atoms. The summed E-state index contributed by atoms with van der Waals surface area (Å²) in [5.74, 6) is 2.25. The molecule has 0 aliphatic carbocycles. The molecule has 0 radical (unpaired) electrons. The minimum absolute atomic E-state index is 1.11. The number of terminal acetylenes is 1. The van der Waals surface area contributed by atoms with Crippen molar-refractivity contribution in [3.8, 4) is 12.3 Å². The standard InChI is InChI=1S/C13H16.C3H4.2C2H6.C2H4/c1-9(2)12-6-7-13(10(3)4)11(5)8-12;1-3-2;3*1-2/h6-8H,1,3H2,2,4-5H3;1H,2H3;2*1-2H3;1-2H2.